The first-order valence-corrected chi connectivity index (χ1v) is 9.36. The Morgan fingerprint density at radius 2 is 2.00 bits per heavy atom. The van der Waals surface area contributed by atoms with Gasteiger partial charge in [-0.3, -0.25) is 4.79 Å². The maximum absolute atomic E-state index is 12.4. The summed E-state index contributed by atoms with van der Waals surface area (Å²) >= 11 is 0. The van der Waals surface area contributed by atoms with Crippen LogP contribution in [0.15, 0.2) is 18.3 Å². The highest BCUT2D eigenvalue weighted by atomic mass is 16.1. The summed E-state index contributed by atoms with van der Waals surface area (Å²) in [5.74, 6) is 0.658. The number of aryl methyl sites for hydroxylation is 1. The van der Waals surface area contributed by atoms with E-state index < -0.39 is 0 Å². The predicted molar refractivity (Wildman–Crippen MR) is 97.6 cm³/mol. The van der Waals surface area contributed by atoms with Crippen molar-refractivity contribution < 1.29 is 4.79 Å². The summed E-state index contributed by atoms with van der Waals surface area (Å²) in [4.78, 5) is 12.4. The number of aromatic nitrogens is 1. The van der Waals surface area contributed by atoms with E-state index in [2.05, 4.69) is 23.7 Å². The normalized spacial score (nSPS) is 12.3. The zero-order valence-corrected chi connectivity index (χ0v) is 15.0. The van der Waals surface area contributed by atoms with Gasteiger partial charge in [0, 0.05) is 19.3 Å². The Kier molecular flexibility index (Phi) is 10.5. The maximum atomic E-state index is 12.4. The fourth-order valence-corrected chi connectivity index (χ4v) is 2.87. The van der Waals surface area contributed by atoms with Gasteiger partial charge in [-0.05, 0) is 43.9 Å². The molecule has 1 atom stereocenters. The van der Waals surface area contributed by atoms with Crippen molar-refractivity contribution in [1.29, 1.82) is 0 Å². The quantitative estimate of drug-likeness (QED) is 0.540. The van der Waals surface area contributed by atoms with Gasteiger partial charge in [-0.25, -0.2) is 0 Å². The Hall–Kier alpha value is -1.29. The molecule has 3 N–H and O–H groups in total. The van der Waals surface area contributed by atoms with Gasteiger partial charge in [0.1, 0.15) is 5.69 Å². The smallest absolute Gasteiger partial charge is 0.267 e. The number of carbonyl (C=O) groups is 1. The minimum Gasteiger partial charge on any atom is -0.350 e. The van der Waals surface area contributed by atoms with Gasteiger partial charge in [0.25, 0.3) is 5.91 Å². The van der Waals surface area contributed by atoms with E-state index in [1.165, 1.54) is 32.1 Å². The molecule has 1 heterocycles. The lowest BCUT2D eigenvalue weighted by molar-refractivity contribution is 0.0936. The first-order valence-electron chi connectivity index (χ1n) is 9.36. The molecule has 0 fully saturated rings. The third kappa shape index (κ3) is 7.69. The fraction of sp³-hybridized carbons (Fsp3) is 0.737. The molecule has 1 aromatic heterocycles. The molecule has 0 spiro atoms. The van der Waals surface area contributed by atoms with Crippen molar-refractivity contribution in [2.75, 3.05) is 13.1 Å². The number of amides is 1. The third-order valence-electron chi connectivity index (χ3n) is 4.51. The van der Waals surface area contributed by atoms with E-state index in [4.69, 9.17) is 5.73 Å². The van der Waals surface area contributed by atoms with Crippen LogP contribution in [-0.2, 0) is 6.54 Å². The first kappa shape index (κ1) is 19.8. The second-order valence-electron chi connectivity index (χ2n) is 6.42. The molecule has 0 aliphatic rings. The summed E-state index contributed by atoms with van der Waals surface area (Å²) in [6.45, 7) is 6.89. The zero-order valence-electron chi connectivity index (χ0n) is 15.0. The molecular weight excluding hydrogens is 286 g/mol. The minimum absolute atomic E-state index is 0.0620. The van der Waals surface area contributed by atoms with Crippen LogP contribution < -0.4 is 11.1 Å². The highest BCUT2D eigenvalue weighted by Crippen LogP contribution is 2.12. The van der Waals surface area contributed by atoms with Gasteiger partial charge in [0.15, 0.2) is 0 Å². The number of nitrogens with two attached hydrogens (primary N) is 1. The van der Waals surface area contributed by atoms with Crippen LogP contribution in [0, 0.1) is 5.92 Å². The van der Waals surface area contributed by atoms with E-state index in [9.17, 15) is 4.79 Å². The number of hydrogen-bond acceptors (Lipinski definition) is 2. The monoisotopic (exact) mass is 321 g/mol. The van der Waals surface area contributed by atoms with E-state index in [1.807, 2.05) is 18.3 Å². The lowest BCUT2D eigenvalue weighted by Crippen LogP contribution is -2.30. The first-order chi connectivity index (χ1) is 11.2. The standard InChI is InChI=1S/C19H35N3O/c1-3-5-11-17(4-2)16-21-19(23)18-12-10-15-22(18)14-9-7-6-8-13-20/h10,12,15,17H,3-9,11,13-14,16,20H2,1-2H3,(H,21,23). The molecule has 0 aromatic carbocycles. The molecular formula is C19H35N3O. The van der Waals surface area contributed by atoms with Gasteiger partial charge in [0.2, 0.25) is 0 Å². The van der Waals surface area contributed by atoms with E-state index in [0.29, 0.717) is 5.92 Å². The highest BCUT2D eigenvalue weighted by Gasteiger charge is 2.12. The van der Waals surface area contributed by atoms with Gasteiger partial charge >= 0.3 is 0 Å². The summed E-state index contributed by atoms with van der Waals surface area (Å²) in [5.41, 5.74) is 6.30. The average molecular weight is 322 g/mol. The van der Waals surface area contributed by atoms with E-state index >= 15 is 0 Å². The van der Waals surface area contributed by atoms with E-state index in [1.54, 1.807) is 0 Å². The Morgan fingerprint density at radius 3 is 2.70 bits per heavy atom. The molecule has 1 rings (SSSR count). The molecule has 4 heteroatoms. The van der Waals surface area contributed by atoms with Crippen molar-refractivity contribution in [2.24, 2.45) is 11.7 Å². The molecule has 0 saturated carbocycles. The van der Waals surface area contributed by atoms with Crippen molar-refractivity contribution in [3.63, 3.8) is 0 Å². The van der Waals surface area contributed by atoms with Crippen LogP contribution in [0.3, 0.4) is 0 Å². The van der Waals surface area contributed by atoms with Crippen molar-refractivity contribution in [3.8, 4) is 0 Å². The number of hydrogen-bond donors (Lipinski definition) is 2. The van der Waals surface area contributed by atoms with Crippen LogP contribution in [0.5, 0.6) is 0 Å². The average Bonchev–Trinajstić information content (AvgIpc) is 3.03. The van der Waals surface area contributed by atoms with Crippen LogP contribution in [0.25, 0.3) is 0 Å². The largest absolute Gasteiger partial charge is 0.350 e. The second kappa shape index (κ2) is 12.2. The number of rotatable bonds is 13. The van der Waals surface area contributed by atoms with Gasteiger partial charge in [-0.15, -0.1) is 0 Å². The van der Waals surface area contributed by atoms with Crippen LogP contribution >= 0.6 is 0 Å². The van der Waals surface area contributed by atoms with Crippen molar-refractivity contribution >= 4 is 5.91 Å². The number of unbranched alkanes of at least 4 members (excludes halogenated alkanes) is 4. The zero-order chi connectivity index (χ0) is 16.9. The summed E-state index contributed by atoms with van der Waals surface area (Å²) in [7, 11) is 0. The van der Waals surface area contributed by atoms with Crippen molar-refractivity contribution in [1.82, 2.24) is 9.88 Å². The third-order valence-corrected chi connectivity index (χ3v) is 4.51. The summed E-state index contributed by atoms with van der Waals surface area (Å²) in [6, 6.07) is 3.88. The SMILES string of the molecule is CCCCC(CC)CNC(=O)c1cccn1CCCCCCN. The van der Waals surface area contributed by atoms with Gasteiger partial charge in [-0.2, -0.15) is 0 Å². The van der Waals surface area contributed by atoms with Crippen LogP contribution in [0.4, 0.5) is 0 Å². The molecule has 0 saturated heterocycles. The lowest BCUT2D eigenvalue weighted by Gasteiger charge is -2.16. The molecule has 23 heavy (non-hydrogen) atoms. The molecule has 0 radical (unpaired) electrons. The van der Waals surface area contributed by atoms with Crippen LogP contribution in [0.2, 0.25) is 0 Å². The molecule has 1 amide bonds. The molecule has 0 bridgehead atoms. The maximum Gasteiger partial charge on any atom is 0.267 e. The number of carbonyl (C=O) groups excluding carboxylic acids is 1. The summed E-state index contributed by atoms with van der Waals surface area (Å²) in [6.07, 6.45) is 11.3. The topological polar surface area (TPSA) is 60.0 Å². The Labute approximate surface area is 141 Å². The molecule has 1 unspecified atom stereocenters. The summed E-state index contributed by atoms with van der Waals surface area (Å²) in [5, 5.41) is 3.12. The van der Waals surface area contributed by atoms with E-state index in [-0.39, 0.29) is 5.91 Å². The predicted octanol–water partition coefficient (Wildman–Crippen LogP) is 3.95. The fourth-order valence-electron chi connectivity index (χ4n) is 2.87. The van der Waals surface area contributed by atoms with Gasteiger partial charge < -0.3 is 15.6 Å². The lowest BCUT2D eigenvalue weighted by atomic mass is 9.99. The Morgan fingerprint density at radius 1 is 1.22 bits per heavy atom. The van der Waals surface area contributed by atoms with E-state index in [0.717, 1.165) is 44.6 Å². The van der Waals surface area contributed by atoms with Gasteiger partial charge in [-0.1, -0.05) is 46.0 Å². The molecule has 132 valence electrons. The van der Waals surface area contributed by atoms with Crippen LogP contribution in [-0.4, -0.2) is 23.6 Å². The molecule has 0 aliphatic heterocycles. The van der Waals surface area contributed by atoms with Crippen LogP contribution in [0.1, 0.15) is 75.7 Å². The molecule has 0 aliphatic carbocycles. The Bertz CT molecular complexity index is 428. The highest BCUT2D eigenvalue weighted by molar-refractivity contribution is 5.92. The second-order valence-corrected chi connectivity index (χ2v) is 6.42. The number of nitrogens with zero attached hydrogens (tertiary/aromatic N) is 1. The minimum atomic E-state index is 0.0620. The summed E-state index contributed by atoms with van der Waals surface area (Å²) < 4.78 is 2.07. The molecule has 4 nitrogen and oxygen atoms in total. The van der Waals surface area contributed by atoms with Gasteiger partial charge in [0.05, 0.1) is 0 Å². The molecule has 1 aromatic rings. The Balaban J connectivity index is 2.39. The van der Waals surface area contributed by atoms with Crippen molar-refractivity contribution in [2.45, 2.75) is 71.8 Å². The number of nitrogens with one attached hydrogen (secondary N) is 1. The van der Waals surface area contributed by atoms with Crippen molar-refractivity contribution in [3.05, 3.63) is 24.0 Å².